The third kappa shape index (κ3) is 4.31. The van der Waals surface area contributed by atoms with Gasteiger partial charge in [-0.1, -0.05) is 19.3 Å². The van der Waals surface area contributed by atoms with Crippen LogP contribution >= 0.6 is 0 Å². The number of hydrogen-bond acceptors (Lipinski definition) is 1. The van der Waals surface area contributed by atoms with E-state index in [2.05, 4.69) is 15.6 Å². The normalized spacial score (nSPS) is 16.0. The van der Waals surface area contributed by atoms with Crippen LogP contribution in [0.25, 0.3) is 10.9 Å². The van der Waals surface area contributed by atoms with Crippen molar-refractivity contribution in [3.8, 4) is 0 Å². The van der Waals surface area contributed by atoms with Gasteiger partial charge in [0.05, 0.1) is 5.56 Å². The van der Waals surface area contributed by atoms with Gasteiger partial charge in [0.2, 0.25) is 0 Å². The van der Waals surface area contributed by atoms with Gasteiger partial charge in [0, 0.05) is 29.2 Å². The minimum absolute atomic E-state index is 0.203. The Hall–Kier alpha value is -2.18. The Kier molecular flexibility index (Phi) is 5.44. The van der Waals surface area contributed by atoms with E-state index in [4.69, 9.17) is 0 Å². The van der Waals surface area contributed by atoms with Crippen molar-refractivity contribution in [1.82, 2.24) is 15.6 Å². The summed E-state index contributed by atoms with van der Waals surface area (Å²) in [4.78, 5) is 15.1. The maximum absolute atomic E-state index is 13.0. The van der Waals surface area contributed by atoms with Crippen LogP contribution in [0.2, 0.25) is 0 Å². The molecule has 1 aromatic carbocycles. The van der Waals surface area contributed by atoms with Crippen LogP contribution in [0.3, 0.4) is 0 Å². The quantitative estimate of drug-likeness (QED) is 0.723. The highest BCUT2D eigenvalue weighted by atomic mass is 19.4. The van der Waals surface area contributed by atoms with Crippen LogP contribution in [0.5, 0.6) is 0 Å². The molecule has 0 spiro atoms. The van der Waals surface area contributed by atoms with Gasteiger partial charge in [0.25, 0.3) is 0 Å². The molecule has 142 valence electrons. The first kappa shape index (κ1) is 18.6. The van der Waals surface area contributed by atoms with E-state index in [0.29, 0.717) is 23.9 Å². The number of carbonyl (C=O) groups is 1. The molecular formula is C19H24F3N3O. The predicted molar refractivity (Wildman–Crippen MR) is 95.1 cm³/mol. The van der Waals surface area contributed by atoms with Crippen LogP contribution < -0.4 is 10.6 Å². The van der Waals surface area contributed by atoms with E-state index in [1.54, 1.807) is 0 Å². The molecule has 1 fully saturated rings. The van der Waals surface area contributed by atoms with Crippen molar-refractivity contribution in [2.24, 2.45) is 0 Å². The molecule has 3 rings (SSSR count). The first-order valence-corrected chi connectivity index (χ1v) is 9.07. The number of halogens is 3. The second kappa shape index (κ2) is 7.60. The van der Waals surface area contributed by atoms with Gasteiger partial charge in [0.15, 0.2) is 0 Å². The van der Waals surface area contributed by atoms with Crippen molar-refractivity contribution < 1.29 is 18.0 Å². The number of hydrogen-bond donors (Lipinski definition) is 3. The van der Waals surface area contributed by atoms with Crippen LogP contribution in [0.1, 0.15) is 48.9 Å². The van der Waals surface area contributed by atoms with Gasteiger partial charge in [-0.25, -0.2) is 4.79 Å². The summed E-state index contributed by atoms with van der Waals surface area (Å²) in [5.41, 5.74) is 1.66. The molecule has 0 unspecified atom stereocenters. The lowest BCUT2D eigenvalue weighted by atomic mass is 9.96. The summed E-state index contributed by atoms with van der Waals surface area (Å²) in [7, 11) is 0. The number of nitrogens with one attached hydrogen (secondary N) is 3. The second-order valence-electron chi connectivity index (χ2n) is 6.97. The van der Waals surface area contributed by atoms with Crippen LogP contribution in [0.15, 0.2) is 18.2 Å². The zero-order valence-corrected chi connectivity index (χ0v) is 14.8. The topological polar surface area (TPSA) is 56.9 Å². The number of amides is 2. The molecule has 0 aliphatic heterocycles. The van der Waals surface area contributed by atoms with Gasteiger partial charge in [0.1, 0.15) is 0 Å². The lowest BCUT2D eigenvalue weighted by Crippen LogP contribution is -2.43. The van der Waals surface area contributed by atoms with Crippen molar-refractivity contribution in [3.05, 3.63) is 35.0 Å². The highest BCUT2D eigenvalue weighted by molar-refractivity contribution is 5.85. The van der Waals surface area contributed by atoms with Crippen LogP contribution in [0, 0.1) is 6.92 Å². The smallest absolute Gasteiger partial charge is 0.358 e. The first-order chi connectivity index (χ1) is 12.3. The summed E-state index contributed by atoms with van der Waals surface area (Å²) in [6.45, 7) is 2.22. The molecule has 1 saturated carbocycles. The summed E-state index contributed by atoms with van der Waals surface area (Å²) in [5, 5.41) is 6.35. The van der Waals surface area contributed by atoms with Gasteiger partial charge in [-0.2, -0.15) is 13.2 Å². The molecule has 4 nitrogen and oxygen atoms in total. The number of fused-ring (bicyclic) bond motifs is 1. The summed E-state index contributed by atoms with van der Waals surface area (Å²) in [6.07, 6.45) is 1.63. The van der Waals surface area contributed by atoms with Gasteiger partial charge >= 0.3 is 12.2 Å². The molecule has 2 amide bonds. The van der Waals surface area contributed by atoms with Gasteiger partial charge in [-0.15, -0.1) is 0 Å². The number of alkyl halides is 3. The number of aryl methyl sites for hydroxylation is 1. The molecule has 0 radical (unpaired) electrons. The Labute approximate surface area is 150 Å². The fraction of sp³-hybridized carbons (Fsp3) is 0.526. The molecule has 0 saturated heterocycles. The fourth-order valence-corrected chi connectivity index (χ4v) is 3.67. The first-order valence-electron chi connectivity index (χ1n) is 9.07. The Morgan fingerprint density at radius 3 is 2.65 bits per heavy atom. The second-order valence-corrected chi connectivity index (χ2v) is 6.97. The molecule has 26 heavy (non-hydrogen) atoms. The zero-order valence-electron chi connectivity index (χ0n) is 14.8. The van der Waals surface area contributed by atoms with E-state index in [9.17, 15) is 18.0 Å². The zero-order chi connectivity index (χ0) is 18.7. The lowest BCUT2D eigenvalue weighted by molar-refractivity contribution is -0.137. The average Bonchev–Trinajstić information content (AvgIpc) is 2.90. The minimum atomic E-state index is -4.37. The largest absolute Gasteiger partial charge is 0.416 e. The van der Waals surface area contributed by atoms with Crippen molar-refractivity contribution in [3.63, 3.8) is 0 Å². The highest BCUT2D eigenvalue weighted by Crippen LogP contribution is 2.33. The maximum Gasteiger partial charge on any atom is 0.416 e. The van der Waals surface area contributed by atoms with E-state index in [0.717, 1.165) is 43.0 Å². The minimum Gasteiger partial charge on any atom is -0.358 e. The van der Waals surface area contributed by atoms with E-state index in [1.165, 1.54) is 18.6 Å². The van der Waals surface area contributed by atoms with Crippen LogP contribution in [-0.4, -0.2) is 23.6 Å². The molecule has 1 aliphatic carbocycles. The fourth-order valence-electron chi connectivity index (χ4n) is 3.67. The molecule has 2 aromatic rings. The Balaban J connectivity index is 1.62. The molecule has 0 atom stereocenters. The molecule has 1 aliphatic rings. The van der Waals surface area contributed by atoms with Crippen LogP contribution in [0.4, 0.5) is 18.0 Å². The van der Waals surface area contributed by atoms with E-state index < -0.39 is 11.7 Å². The number of urea groups is 1. The number of benzene rings is 1. The number of H-pyrrole nitrogens is 1. The molecule has 7 heteroatoms. The number of aromatic nitrogens is 1. The Morgan fingerprint density at radius 2 is 1.96 bits per heavy atom. The Bertz CT molecular complexity index is 776. The van der Waals surface area contributed by atoms with Crippen molar-refractivity contribution in [2.75, 3.05) is 6.54 Å². The SMILES string of the molecule is Cc1[nH]c2ccc(C(F)(F)F)cc2c1CCNC(=O)NC1CCCCC1. The molecule has 0 bridgehead atoms. The molecule has 3 N–H and O–H groups in total. The molecule has 1 heterocycles. The predicted octanol–water partition coefficient (Wildman–Crippen LogP) is 4.67. The summed E-state index contributed by atoms with van der Waals surface area (Å²) in [6, 6.07) is 3.74. The van der Waals surface area contributed by atoms with Crippen molar-refractivity contribution >= 4 is 16.9 Å². The molecule has 1 aromatic heterocycles. The van der Waals surface area contributed by atoms with Gasteiger partial charge in [-0.05, 0) is 49.9 Å². The summed E-state index contributed by atoms with van der Waals surface area (Å²) < 4.78 is 38.9. The third-order valence-corrected chi connectivity index (χ3v) is 5.05. The Morgan fingerprint density at radius 1 is 1.23 bits per heavy atom. The van der Waals surface area contributed by atoms with Crippen molar-refractivity contribution in [1.29, 1.82) is 0 Å². The van der Waals surface area contributed by atoms with E-state index in [1.807, 2.05) is 6.92 Å². The third-order valence-electron chi connectivity index (χ3n) is 5.05. The van der Waals surface area contributed by atoms with E-state index in [-0.39, 0.29) is 12.1 Å². The summed E-state index contributed by atoms with van der Waals surface area (Å²) >= 11 is 0. The lowest BCUT2D eigenvalue weighted by Gasteiger charge is -2.22. The maximum atomic E-state index is 13.0. The van der Waals surface area contributed by atoms with Gasteiger partial charge in [-0.3, -0.25) is 0 Å². The number of rotatable bonds is 4. The summed E-state index contributed by atoms with van der Waals surface area (Å²) in [5.74, 6) is 0. The number of carbonyl (C=O) groups excluding carboxylic acids is 1. The standard InChI is InChI=1S/C19H24F3N3O/c1-12-15(9-10-23-18(26)25-14-5-3-2-4-6-14)16-11-13(19(20,21)22)7-8-17(16)24-12/h7-8,11,14,24H,2-6,9-10H2,1H3,(H2,23,25,26). The van der Waals surface area contributed by atoms with Crippen molar-refractivity contribution in [2.45, 2.75) is 57.7 Å². The monoisotopic (exact) mass is 367 g/mol. The average molecular weight is 367 g/mol. The van der Waals surface area contributed by atoms with Crippen LogP contribution in [-0.2, 0) is 12.6 Å². The van der Waals surface area contributed by atoms with Gasteiger partial charge < -0.3 is 15.6 Å². The highest BCUT2D eigenvalue weighted by Gasteiger charge is 2.31. The van der Waals surface area contributed by atoms with E-state index >= 15 is 0 Å². The number of aromatic amines is 1. The molecular weight excluding hydrogens is 343 g/mol.